The van der Waals surface area contributed by atoms with Gasteiger partial charge in [-0.3, -0.25) is 4.79 Å². The lowest BCUT2D eigenvalue weighted by atomic mass is 10.2. The van der Waals surface area contributed by atoms with E-state index in [1.807, 2.05) is 0 Å². The van der Waals surface area contributed by atoms with Crippen LogP contribution < -0.4 is 10.6 Å². The molecule has 0 bridgehead atoms. The first kappa shape index (κ1) is 13.9. The molecular weight excluding hydrogens is 266 g/mol. The summed E-state index contributed by atoms with van der Waals surface area (Å²) in [4.78, 5) is 35.5. The summed E-state index contributed by atoms with van der Waals surface area (Å²) in [5.74, 6) is -1.20. The largest absolute Gasteiger partial charge is 0.475 e. The van der Waals surface area contributed by atoms with Crippen LogP contribution in [0.25, 0.3) is 0 Å². The third-order valence-corrected chi connectivity index (χ3v) is 3.05. The molecule has 1 aromatic rings. The molecule has 1 aliphatic heterocycles. The number of rotatable bonds is 3. The second-order valence-electron chi connectivity index (χ2n) is 4.39. The number of carboxylic acid groups (broad SMARTS) is 1. The van der Waals surface area contributed by atoms with Crippen LogP contribution in [0.15, 0.2) is 16.5 Å². The van der Waals surface area contributed by atoms with E-state index in [4.69, 9.17) is 9.52 Å². The molecule has 0 spiro atoms. The van der Waals surface area contributed by atoms with Crippen molar-refractivity contribution in [2.75, 3.05) is 13.1 Å². The molecule has 1 saturated heterocycles. The van der Waals surface area contributed by atoms with Gasteiger partial charge >= 0.3 is 12.0 Å². The van der Waals surface area contributed by atoms with Gasteiger partial charge in [-0.15, -0.1) is 0 Å². The summed E-state index contributed by atoms with van der Waals surface area (Å²) in [6, 6.07) is 1.88. The first-order valence-electron chi connectivity index (χ1n) is 6.13. The van der Waals surface area contributed by atoms with Crippen LogP contribution in [0.3, 0.4) is 0 Å². The number of piperazine rings is 1. The minimum Gasteiger partial charge on any atom is -0.475 e. The van der Waals surface area contributed by atoms with Crippen LogP contribution >= 0.6 is 0 Å². The molecule has 0 aromatic carbocycles. The molecule has 1 unspecified atom stereocenters. The molecule has 2 rings (SSSR count). The minimum atomic E-state index is -1.16. The van der Waals surface area contributed by atoms with Gasteiger partial charge in [0.05, 0.1) is 6.54 Å². The Hall–Kier alpha value is -2.51. The molecule has 3 N–H and O–H groups in total. The summed E-state index contributed by atoms with van der Waals surface area (Å²) in [6.45, 7) is 2.55. The maximum absolute atomic E-state index is 11.9. The SMILES string of the molecule is CC1C(=O)NCCN1C(=O)NCc1ccc(C(=O)O)o1. The number of aromatic carboxylic acids is 1. The van der Waals surface area contributed by atoms with Crippen molar-refractivity contribution in [3.8, 4) is 0 Å². The van der Waals surface area contributed by atoms with Gasteiger partial charge in [-0.2, -0.15) is 0 Å². The third-order valence-electron chi connectivity index (χ3n) is 3.05. The van der Waals surface area contributed by atoms with Gasteiger partial charge in [0.1, 0.15) is 11.8 Å². The Morgan fingerprint density at radius 3 is 2.95 bits per heavy atom. The minimum absolute atomic E-state index is 0.0664. The highest BCUT2D eigenvalue weighted by atomic mass is 16.4. The lowest BCUT2D eigenvalue weighted by Crippen LogP contribution is -2.58. The number of carbonyl (C=O) groups excluding carboxylic acids is 2. The van der Waals surface area contributed by atoms with E-state index in [-0.39, 0.29) is 24.2 Å². The highest BCUT2D eigenvalue weighted by Crippen LogP contribution is 2.09. The summed E-state index contributed by atoms with van der Waals surface area (Å²) < 4.78 is 5.02. The zero-order chi connectivity index (χ0) is 14.7. The molecule has 2 heterocycles. The van der Waals surface area contributed by atoms with Crippen molar-refractivity contribution < 1.29 is 23.9 Å². The zero-order valence-electron chi connectivity index (χ0n) is 10.9. The van der Waals surface area contributed by atoms with Crippen molar-refractivity contribution in [1.29, 1.82) is 0 Å². The fourth-order valence-electron chi connectivity index (χ4n) is 1.91. The van der Waals surface area contributed by atoms with Crippen molar-refractivity contribution >= 4 is 17.9 Å². The molecule has 1 aliphatic rings. The Balaban J connectivity index is 1.91. The van der Waals surface area contributed by atoms with Crippen LogP contribution in [0.2, 0.25) is 0 Å². The van der Waals surface area contributed by atoms with Crippen LogP contribution in [0, 0.1) is 0 Å². The number of hydrogen-bond acceptors (Lipinski definition) is 4. The first-order valence-corrected chi connectivity index (χ1v) is 6.13. The Labute approximate surface area is 114 Å². The van der Waals surface area contributed by atoms with E-state index in [1.165, 1.54) is 17.0 Å². The fourth-order valence-corrected chi connectivity index (χ4v) is 1.91. The molecule has 1 fully saturated rings. The highest BCUT2D eigenvalue weighted by Gasteiger charge is 2.29. The second-order valence-corrected chi connectivity index (χ2v) is 4.39. The van der Waals surface area contributed by atoms with Gasteiger partial charge in [0, 0.05) is 13.1 Å². The summed E-state index contributed by atoms with van der Waals surface area (Å²) >= 11 is 0. The number of urea groups is 1. The van der Waals surface area contributed by atoms with Crippen LogP contribution in [0.1, 0.15) is 23.2 Å². The Bertz CT molecular complexity index is 539. The lowest BCUT2D eigenvalue weighted by Gasteiger charge is -2.32. The Morgan fingerprint density at radius 2 is 2.30 bits per heavy atom. The van der Waals surface area contributed by atoms with Gasteiger partial charge in [-0.25, -0.2) is 9.59 Å². The average molecular weight is 281 g/mol. The Morgan fingerprint density at radius 1 is 1.55 bits per heavy atom. The highest BCUT2D eigenvalue weighted by molar-refractivity contribution is 5.87. The first-order chi connectivity index (χ1) is 9.49. The zero-order valence-corrected chi connectivity index (χ0v) is 10.9. The molecule has 20 heavy (non-hydrogen) atoms. The topological polar surface area (TPSA) is 112 Å². The van der Waals surface area contributed by atoms with Gasteiger partial charge in [-0.05, 0) is 19.1 Å². The van der Waals surface area contributed by atoms with E-state index in [0.717, 1.165) is 0 Å². The quantitative estimate of drug-likeness (QED) is 0.722. The van der Waals surface area contributed by atoms with Crippen molar-refractivity contribution in [3.05, 3.63) is 23.7 Å². The van der Waals surface area contributed by atoms with Gasteiger partial charge in [0.15, 0.2) is 0 Å². The summed E-state index contributed by atoms with van der Waals surface area (Å²) in [6.07, 6.45) is 0. The summed E-state index contributed by atoms with van der Waals surface area (Å²) in [5.41, 5.74) is 0. The number of furan rings is 1. The van der Waals surface area contributed by atoms with Crippen LogP contribution in [-0.4, -0.2) is 47.0 Å². The lowest BCUT2D eigenvalue weighted by molar-refractivity contribution is -0.126. The number of carboxylic acids is 1. The van der Waals surface area contributed by atoms with Crippen molar-refractivity contribution in [1.82, 2.24) is 15.5 Å². The normalized spacial score (nSPS) is 18.6. The molecular formula is C12H15N3O5. The molecule has 1 atom stereocenters. The predicted octanol–water partition coefficient (Wildman–Crippen LogP) is 0.00770. The third kappa shape index (κ3) is 2.90. The number of nitrogens with zero attached hydrogens (tertiary/aromatic N) is 1. The summed E-state index contributed by atoms with van der Waals surface area (Å²) in [7, 11) is 0. The Kier molecular flexibility index (Phi) is 3.92. The number of nitrogens with one attached hydrogen (secondary N) is 2. The van der Waals surface area contributed by atoms with E-state index < -0.39 is 12.0 Å². The predicted molar refractivity (Wildman–Crippen MR) is 67.1 cm³/mol. The molecule has 108 valence electrons. The van der Waals surface area contributed by atoms with E-state index in [2.05, 4.69) is 10.6 Å². The van der Waals surface area contributed by atoms with Crippen molar-refractivity contribution in [2.45, 2.75) is 19.5 Å². The molecule has 8 heteroatoms. The molecule has 0 radical (unpaired) electrons. The van der Waals surface area contributed by atoms with Gasteiger partial charge in [0.2, 0.25) is 11.7 Å². The van der Waals surface area contributed by atoms with Gasteiger partial charge in [0.25, 0.3) is 0 Å². The molecule has 8 nitrogen and oxygen atoms in total. The van der Waals surface area contributed by atoms with Crippen LogP contribution in [0.5, 0.6) is 0 Å². The second kappa shape index (κ2) is 5.64. The smallest absolute Gasteiger partial charge is 0.371 e. The maximum atomic E-state index is 11.9. The van der Waals surface area contributed by atoms with Crippen LogP contribution in [-0.2, 0) is 11.3 Å². The average Bonchev–Trinajstić information content (AvgIpc) is 2.88. The maximum Gasteiger partial charge on any atom is 0.371 e. The number of carbonyl (C=O) groups is 3. The van der Waals surface area contributed by atoms with Crippen molar-refractivity contribution in [2.24, 2.45) is 0 Å². The van der Waals surface area contributed by atoms with E-state index in [1.54, 1.807) is 6.92 Å². The standard InChI is InChI=1S/C12H15N3O5/c1-7-10(16)13-4-5-15(7)12(19)14-6-8-2-3-9(20-8)11(17)18/h2-3,7H,4-6H2,1H3,(H,13,16)(H,14,19)(H,17,18). The number of amides is 3. The molecule has 0 saturated carbocycles. The van der Waals surface area contributed by atoms with Gasteiger partial charge < -0.3 is 25.1 Å². The summed E-state index contributed by atoms with van der Waals surface area (Å²) in [5, 5.41) is 14.0. The monoisotopic (exact) mass is 281 g/mol. The fraction of sp³-hybridized carbons (Fsp3) is 0.417. The van der Waals surface area contributed by atoms with E-state index >= 15 is 0 Å². The van der Waals surface area contributed by atoms with Gasteiger partial charge in [-0.1, -0.05) is 0 Å². The number of hydrogen-bond donors (Lipinski definition) is 3. The van der Waals surface area contributed by atoms with E-state index in [9.17, 15) is 14.4 Å². The van der Waals surface area contributed by atoms with Crippen LogP contribution in [0.4, 0.5) is 4.79 Å². The molecule has 0 aliphatic carbocycles. The molecule has 1 aromatic heterocycles. The van der Waals surface area contributed by atoms with E-state index in [0.29, 0.717) is 18.8 Å². The van der Waals surface area contributed by atoms with Crippen molar-refractivity contribution in [3.63, 3.8) is 0 Å². The molecule has 3 amide bonds.